The minimum Gasteiger partial charge on any atom is -0.360 e. The summed E-state index contributed by atoms with van der Waals surface area (Å²) in [6, 6.07) is 11.6. The average molecular weight is 359 g/mol. The lowest BCUT2D eigenvalue weighted by Crippen LogP contribution is -2.39. The van der Waals surface area contributed by atoms with Gasteiger partial charge in [0.1, 0.15) is 5.75 Å². The lowest BCUT2D eigenvalue weighted by atomic mass is 10.0. The van der Waals surface area contributed by atoms with E-state index in [9.17, 15) is 8.42 Å². The van der Waals surface area contributed by atoms with E-state index in [-0.39, 0.29) is 11.8 Å². The molecule has 25 heavy (non-hydrogen) atoms. The molecule has 1 aliphatic heterocycles. The van der Waals surface area contributed by atoms with E-state index in [0.717, 1.165) is 35.9 Å². The number of nitrogens with zero attached hydrogens (tertiary/aromatic N) is 2. The van der Waals surface area contributed by atoms with E-state index < -0.39 is 10.0 Å². The second-order valence-electron chi connectivity index (χ2n) is 6.63. The van der Waals surface area contributed by atoms with Crippen LogP contribution in [-0.2, 0) is 15.8 Å². The van der Waals surface area contributed by atoms with E-state index in [2.05, 4.69) is 16.2 Å². The van der Waals surface area contributed by atoms with Crippen LogP contribution in [0.3, 0.4) is 0 Å². The Kier molecular flexibility index (Phi) is 4.13. The molecule has 6 nitrogen and oxygen atoms in total. The van der Waals surface area contributed by atoms with Crippen LogP contribution >= 0.6 is 0 Å². The number of hydrogen-bond acceptors (Lipinski definition) is 4. The molecule has 132 valence electrons. The van der Waals surface area contributed by atoms with Gasteiger partial charge in [-0.2, -0.15) is 4.31 Å². The summed E-state index contributed by atoms with van der Waals surface area (Å²) in [5, 5.41) is 4.89. The normalized spacial score (nSPS) is 19.5. The van der Waals surface area contributed by atoms with E-state index in [4.69, 9.17) is 4.52 Å². The number of para-hydroxylation sites is 1. The number of benzene rings is 1. The van der Waals surface area contributed by atoms with Crippen molar-refractivity contribution in [1.29, 1.82) is 0 Å². The molecule has 1 saturated heterocycles. The van der Waals surface area contributed by atoms with E-state index >= 15 is 0 Å². The quantitative estimate of drug-likeness (QED) is 0.773. The Morgan fingerprint density at radius 1 is 1.28 bits per heavy atom. The highest BCUT2D eigenvalue weighted by atomic mass is 32.2. The van der Waals surface area contributed by atoms with Crippen LogP contribution in [0.5, 0.6) is 0 Å². The fraction of sp³-hybridized carbons (Fsp3) is 0.389. The zero-order chi connectivity index (χ0) is 17.4. The Morgan fingerprint density at radius 2 is 2.12 bits per heavy atom. The molecule has 1 aromatic carbocycles. The summed E-state index contributed by atoms with van der Waals surface area (Å²) in [7, 11) is -3.48. The molecule has 1 N–H and O–H groups in total. The number of fused-ring (bicyclic) bond motifs is 1. The van der Waals surface area contributed by atoms with Gasteiger partial charge in [-0.25, -0.2) is 8.42 Å². The number of hydrogen-bond donors (Lipinski definition) is 1. The molecular weight excluding hydrogens is 338 g/mol. The zero-order valence-electron chi connectivity index (χ0n) is 14.1. The smallest absolute Gasteiger partial charge is 0.222 e. The van der Waals surface area contributed by atoms with E-state index in [1.165, 1.54) is 0 Å². The van der Waals surface area contributed by atoms with Gasteiger partial charge in [0.25, 0.3) is 0 Å². The van der Waals surface area contributed by atoms with Crippen LogP contribution in [-0.4, -0.2) is 29.4 Å². The largest absolute Gasteiger partial charge is 0.360 e. The van der Waals surface area contributed by atoms with E-state index in [1.807, 2.05) is 24.3 Å². The van der Waals surface area contributed by atoms with Crippen LogP contribution in [0.4, 0.5) is 0 Å². The molecule has 0 radical (unpaired) electrons. The number of sulfonamides is 1. The first kappa shape index (κ1) is 16.4. The third-order valence-corrected chi connectivity index (χ3v) is 6.52. The first-order chi connectivity index (χ1) is 12.0. The van der Waals surface area contributed by atoms with Crippen LogP contribution in [0.2, 0.25) is 0 Å². The molecule has 0 bridgehead atoms. The molecule has 0 spiro atoms. The molecule has 1 unspecified atom stereocenters. The minimum atomic E-state index is -3.48. The van der Waals surface area contributed by atoms with Gasteiger partial charge in [-0.05, 0) is 37.3 Å². The van der Waals surface area contributed by atoms with Crippen molar-refractivity contribution < 1.29 is 12.9 Å². The number of H-pyrrole nitrogens is 1. The van der Waals surface area contributed by atoms with Crippen LogP contribution < -0.4 is 0 Å². The van der Waals surface area contributed by atoms with Crippen LogP contribution in [0, 0.1) is 6.92 Å². The van der Waals surface area contributed by atoms with E-state index in [1.54, 1.807) is 17.3 Å². The molecular formula is C18H21N3O3S. The van der Waals surface area contributed by atoms with Crippen molar-refractivity contribution in [1.82, 2.24) is 14.4 Å². The molecule has 4 rings (SSSR count). The molecule has 0 saturated carbocycles. The number of aromatic amines is 1. The molecule has 3 aromatic rings. The Balaban J connectivity index is 1.66. The lowest BCUT2D eigenvalue weighted by molar-refractivity contribution is 0.251. The summed E-state index contributed by atoms with van der Waals surface area (Å²) in [4.78, 5) is 3.39. The Morgan fingerprint density at radius 3 is 2.88 bits per heavy atom. The van der Waals surface area contributed by atoms with Crippen LogP contribution in [0.15, 0.2) is 40.9 Å². The summed E-state index contributed by atoms with van der Waals surface area (Å²) < 4.78 is 32.7. The van der Waals surface area contributed by atoms with Gasteiger partial charge in [-0.1, -0.05) is 29.8 Å². The highest BCUT2D eigenvalue weighted by Gasteiger charge is 2.34. The van der Waals surface area contributed by atoms with E-state index in [0.29, 0.717) is 18.0 Å². The van der Waals surface area contributed by atoms with Crippen molar-refractivity contribution in [3.8, 4) is 0 Å². The second kappa shape index (κ2) is 6.31. The number of rotatable bonds is 4. The van der Waals surface area contributed by atoms with Crippen molar-refractivity contribution in [2.24, 2.45) is 0 Å². The number of aromatic nitrogens is 2. The maximum Gasteiger partial charge on any atom is 0.222 e. The topological polar surface area (TPSA) is 79.2 Å². The van der Waals surface area contributed by atoms with Crippen molar-refractivity contribution in [3.05, 3.63) is 53.5 Å². The molecule has 1 fully saturated rings. The fourth-order valence-corrected chi connectivity index (χ4v) is 5.25. The van der Waals surface area contributed by atoms with Crippen molar-refractivity contribution in [2.45, 2.75) is 38.0 Å². The Bertz CT molecular complexity index is 957. The van der Waals surface area contributed by atoms with Crippen LogP contribution in [0.25, 0.3) is 10.9 Å². The molecule has 0 aliphatic carbocycles. The van der Waals surface area contributed by atoms with Gasteiger partial charge < -0.3 is 9.51 Å². The summed E-state index contributed by atoms with van der Waals surface area (Å²) in [6.45, 7) is 2.32. The van der Waals surface area contributed by atoms with Gasteiger partial charge in [0.05, 0.1) is 11.7 Å². The zero-order valence-corrected chi connectivity index (χ0v) is 14.9. The van der Waals surface area contributed by atoms with Gasteiger partial charge in [0.15, 0.2) is 5.76 Å². The Labute approximate surface area is 146 Å². The minimum absolute atomic E-state index is 0.148. The summed E-state index contributed by atoms with van der Waals surface area (Å²) in [6.07, 6.45) is 2.72. The first-order valence-corrected chi connectivity index (χ1v) is 10.1. The maximum absolute atomic E-state index is 13.0. The van der Waals surface area contributed by atoms with Crippen molar-refractivity contribution in [2.75, 3.05) is 6.54 Å². The van der Waals surface area contributed by atoms with Gasteiger partial charge in [-0.3, -0.25) is 0 Å². The maximum atomic E-state index is 13.0. The molecule has 3 heterocycles. The van der Waals surface area contributed by atoms with Crippen molar-refractivity contribution >= 4 is 20.9 Å². The SMILES string of the molecule is Cc1cc(CS(=O)(=O)N2CCCCC2c2cc3ccccc3[nH]2)on1. The highest BCUT2D eigenvalue weighted by Crippen LogP contribution is 2.35. The van der Waals surface area contributed by atoms with Gasteiger partial charge in [0.2, 0.25) is 10.0 Å². The second-order valence-corrected chi connectivity index (χ2v) is 8.55. The highest BCUT2D eigenvalue weighted by molar-refractivity contribution is 7.88. The van der Waals surface area contributed by atoms with Crippen molar-refractivity contribution in [3.63, 3.8) is 0 Å². The van der Waals surface area contributed by atoms with Gasteiger partial charge in [-0.15, -0.1) is 0 Å². The lowest BCUT2D eigenvalue weighted by Gasteiger charge is -2.34. The monoisotopic (exact) mass is 359 g/mol. The van der Waals surface area contributed by atoms with Gasteiger partial charge >= 0.3 is 0 Å². The summed E-state index contributed by atoms with van der Waals surface area (Å²) in [5.74, 6) is 0.239. The predicted octanol–water partition coefficient (Wildman–Crippen LogP) is 3.52. The first-order valence-electron chi connectivity index (χ1n) is 8.52. The summed E-state index contributed by atoms with van der Waals surface area (Å²) >= 11 is 0. The molecule has 2 aromatic heterocycles. The fourth-order valence-electron chi connectivity index (χ4n) is 3.57. The van der Waals surface area contributed by atoms with Crippen LogP contribution in [0.1, 0.15) is 42.5 Å². The number of nitrogens with one attached hydrogen (secondary N) is 1. The number of piperidine rings is 1. The summed E-state index contributed by atoms with van der Waals surface area (Å²) in [5.41, 5.74) is 2.68. The Hall–Kier alpha value is -2.12. The molecule has 1 atom stereocenters. The predicted molar refractivity (Wildman–Crippen MR) is 95.5 cm³/mol. The van der Waals surface area contributed by atoms with Gasteiger partial charge in [0, 0.05) is 23.8 Å². The molecule has 1 aliphatic rings. The average Bonchev–Trinajstić information content (AvgIpc) is 3.20. The number of aryl methyl sites for hydroxylation is 1. The molecule has 7 heteroatoms. The molecule has 0 amide bonds. The standard InChI is InChI=1S/C18H21N3O3S/c1-13-10-15(24-20-13)12-25(22,23)21-9-5-4-8-18(21)17-11-14-6-2-3-7-16(14)19-17/h2-3,6-7,10-11,18-19H,4-5,8-9,12H2,1H3. The third kappa shape index (κ3) is 3.21. The third-order valence-electron chi connectivity index (χ3n) is 4.72.